The molecule has 1 aliphatic heterocycles. The summed E-state index contributed by atoms with van der Waals surface area (Å²) in [6.45, 7) is 1.46. The zero-order valence-electron chi connectivity index (χ0n) is 12.0. The number of carbonyl (C=O) groups excluding carboxylic acids is 2. The molecular formula is C12H21N3O6. The number of aliphatic carboxylic acids is 1. The van der Waals surface area contributed by atoms with Gasteiger partial charge in [0, 0.05) is 26.8 Å². The van der Waals surface area contributed by atoms with Crippen molar-refractivity contribution in [1.29, 1.82) is 0 Å². The zero-order valence-corrected chi connectivity index (χ0v) is 12.0. The van der Waals surface area contributed by atoms with E-state index in [1.54, 1.807) is 7.11 Å². The van der Waals surface area contributed by atoms with Gasteiger partial charge < -0.3 is 25.2 Å². The molecule has 3 amide bonds. The van der Waals surface area contributed by atoms with Gasteiger partial charge in [-0.25, -0.2) is 9.59 Å². The number of piperazine rings is 1. The molecule has 1 unspecified atom stereocenters. The summed E-state index contributed by atoms with van der Waals surface area (Å²) in [5, 5.41) is 14.0. The Morgan fingerprint density at radius 2 is 2.19 bits per heavy atom. The van der Waals surface area contributed by atoms with Crippen LogP contribution in [0.25, 0.3) is 0 Å². The molecule has 9 heteroatoms. The van der Waals surface area contributed by atoms with Gasteiger partial charge in [0.2, 0.25) is 5.91 Å². The highest BCUT2D eigenvalue weighted by Gasteiger charge is 2.34. The number of nitrogens with one attached hydrogen (secondary N) is 2. The van der Waals surface area contributed by atoms with Crippen LogP contribution >= 0.6 is 0 Å². The van der Waals surface area contributed by atoms with E-state index in [1.165, 1.54) is 0 Å². The van der Waals surface area contributed by atoms with Crippen LogP contribution in [-0.2, 0) is 19.1 Å². The van der Waals surface area contributed by atoms with Crippen LogP contribution < -0.4 is 10.6 Å². The summed E-state index contributed by atoms with van der Waals surface area (Å²) in [4.78, 5) is 35.2. The Kier molecular flexibility index (Phi) is 7.48. The molecule has 0 aromatic carbocycles. The van der Waals surface area contributed by atoms with E-state index < -0.39 is 18.0 Å². The Labute approximate surface area is 122 Å². The van der Waals surface area contributed by atoms with Crippen molar-refractivity contribution in [3.05, 3.63) is 0 Å². The van der Waals surface area contributed by atoms with E-state index in [0.717, 1.165) is 4.90 Å². The first-order valence-corrected chi connectivity index (χ1v) is 6.67. The molecule has 120 valence electrons. The number of methoxy groups -OCH3 is 1. The fourth-order valence-electron chi connectivity index (χ4n) is 1.79. The van der Waals surface area contributed by atoms with Gasteiger partial charge >= 0.3 is 12.0 Å². The van der Waals surface area contributed by atoms with Gasteiger partial charge in [0.1, 0.15) is 12.6 Å². The molecule has 21 heavy (non-hydrogen) atoms. The average Bonchev–Trinajstić information content (AvgIpc) is 2.45. The normalized spacial score (nSPS) is 18.2. The summed E-state index contributed by atoms with van der Waals surface area (Å²) in [6, 6.07) is -1.60. The Morgan fingerprint density at radius 1 is 1.43 bits per heavy atom. The molecule has 0 bridgehead atoms. The van der Waals surface area contributed by atoms with Gasteiger partial charge in [-0.2, -0.15) is 0 Å². The second kappa shape index (κ2) is 9.14. The Bertz CT molecular complexity index is 376. The van der Waals surface area contributed by atoms with Gasteiger partial charge in [0.05, 0.1) is 13.2 Å². The van der Waals surface area contributed by atoms with Crippen molar-refractivity contribution in [2.45, 2.75) is 12.5 Å². The Morgan fingerprint density at radius 3 is 2.86 bits per heavy atom. The highest BCUT2D eigenvalue weighted by atomic mass is 16.5. The fraction of sp³-hybridized carbons (Fsp3) is 0.750. The third-order valence-electron chi connectivity index (χ3n) is 2.90. The van der Waals surface area contributed by atoms with Crippen LogP contribution in [0.2, 0.25) is 0 Å². The van der Waals surface area contributed by atoms with Gasteiger partial charge in [-0.15, -0.1) is 0 Å². The van der Waals surface area contributed by atoms with Crippen LogP contribution in [0.15, 0.2) is 0 Å². The van der Waals surface area contributed by atoms with E-state index in [4.69, 9.17) is 14.6 Å². The molecule has 1 atom stereocenters. The molecule has 1 saturated heterocycles. The molecule has 0 aromatic rings. The average molecular weight is 303 g/mol. The van der Waals surface area contributed by atoms with Crippen molar-refractivity contribution in [1.82, 2.24) is 15.5 Å². The van der Waals surface area contributed by atoms with Crippen molar-refractivity contribution >= 4 is 17.9 Å². The SMILES string of the molecule is COCCOCCCNC(=O)N1CC(=O)NCC1C(=O)O. The number of ether oxygens (including phenoxy) is 2. The zero-order chi connectivity index (χ0) is 15.7. The maximum atomic E-state index is 11.9. The van der Waals surface area contributed by atoms with Gasteiger partial charge in [0.15, 0.2) is 0 Å². The lowest BCUT2D eigenvalue weighted by Gasteiger charge is -2.32. The van der Waals surface area contributed by atoms with E-state index in [1.807, 2.05) is 0 Å². The number of urea groups is 1. The highest BCUT2D eigenvalue weighted by Crippen LogP contribution is 2.04. The van der Waals surface area contributed by atoms with Crippen molar-refractivity contribution in [3.8, 4) is 0 Å². The van der Waals surface area contributed by atoms with E-state index >= 15 is 0 Å². The molecule has 9 nitrogen and oxygen atoms in total. The van der Waals surface area contributed by atoms with E-state index in [2.05, 4.69) is 10.6 Å². The summed E-state index contributed by atoms with van der Waals surface area (Å²) in [5.41, 5.74) is 0. The minimum Gasteiger partial charge on any atom is -0.480 e. The number of nitrogens with zero attached hydrogens (tertiary/aromatic N) is 1. The van der Waals surface area contributed by atoms with Crippen molar-refractivity contribution in [2.24, 2.45) is 0 Å². The highest BCUT2D eigenvalue weighted by molar-refractivity contribution is 5.90. The fourth-order valence-corrected chi connectivity index (χ4v) is 1.79. The molecule has 0 aliphatic carbocycles. The standard InChI is InChI=1S/C12H21N3O6/c1-20-5-6-21-4-2-3-13-12(19)15-8-10(16)14-7-9(15)11(17)18/h9H,2-8H2,1H3,(H,13,19)(H,14,16)(H,17,18). The summed E-state index contributed by atoms with van der Waals surface area (Å²) in [6.07, 6.45) is 0.591. The second-order valence-electron chi connectivity index (χ2n) is 4.48. The predicted molar refractivity (Wildman–Crippen MR) is 71.9 cm³/mol. The minimum absolute atomic E-state index is 0.0816. The summed E-state index contributed by atoms with van der Waals surface area (Å²) < 4.78 is 10.0. The minimum atomic E-state index is -1.15. The van der Waals surface area contributed by atoms with Gasteiger partial charge in [-0.1, -0.05) is 0 Å². The van der Waals surface area contributed by atoms with Crippen molar-refractivity contribution < 1.29 is 29.0 Å². The molecule has 3 N–H and O–H groups in total. The quantitative estimate of drug-likeness (QED) is 0.476. The molecule has 0 aromatic heterocycles. The smallest absolute Gasteiger partial charge is 0.328 e. The van der Waals surface area contributed by atoms with Gasteiger partial charge in [-0.3, -0.25) is 9.69 Å². The lowest BCUT2D eigenvalue weighted by molar-refractivity contribution is -0.144. The van der Waals surface area contributed by atoms with E-state index in [-0.39, 0.29) is 19.0 Å². The number of hydrogen-bond acceptors (Lipinski definition) is 5. The molecule has 0 spiro atoms. The second-order valence-corrected chi connectivity index (χ2v) is 4.48. The van der Waals surface area contributed by atoms with E-state index in [9.17, 15) is 14.4 Å². The Balaban J connectivity index is 2.28. The first kappa shape index (κ1) is 17.2. The van der Waals surface area contributed by atoms with Crippen LogP contribution in [0.3, 0.4) is 0 Å². The largest absolute Gasteiger partial charge is 0.480 e. The predicted octanol–water partition coefficient (Wildman–Crippen LogP) is -1.37. The van der Waals surface area contributed by atoms with Gasteiger partial charge in [0.25, 0.3) is 0 Å². The third-order valence-corrected chi connectivity index (χ3v) is 2.90. The first-order valence-electron chi connectivity index (χ1n) is 6.67. The molecule has 1 rings (SSSR count). The number of rotatable bonds is 8. The summed E-state index contributed by atoms with van der Waals surface area (Å²) in [7, 11) is 1.58. The lowest BCUT2D eigenvalue weighted by Crippen LogP contribution is -2.61. The first-order chi connectivity index (χ1) is 10.1. The molecule has 1 fully saturated rings. The van der Waals surface area contributed by atoms with Crippen LogP contribution in [0, 0.1) is 0 Å². The number of carboxylic acid groups (broad SMARTS) is 1. The summed E-state index contributed by atoms with van der Waals surface area (Å²) >= 11 is 0. The van der Waals surface area contributed by atoms with Gasteiger partial charge in [-0.05, 0) is 6.42 Å². The summed E-state index contributed by atoms with van der Waals surface area (Å²) in [5.74, 6) is -1.52. The number of carboxylic acids is 1. The van der Waals surface area contributed by atoms with Crippen LogP contribution in [0.5, 0.6) is 0 Å². The number of amides is 3. The molecule has 1 aliphatic rings. The lowest BCUT2D eigenvalue weighted by atomic mass is 10.2. The topological polar surface area (TPSA) is 117 Å². The monoisotopic (exact) mass is 303 g/mol. The van der Waals surface area contributed by atoms with Crippen molar-refractivity contribution in [2.75, 3.05) is 46.6 Å². The van der Waals surface area contributed by atoms with E-state index in [0.29, 0.717) is 32.8 Å². The third kappa shape index (κ3) is 5.96. The van der Waals surface area contributed by atoms with Crippen LogP contribution in [-0.4, -0.2) is 80.5 Å². The molecule has 0 radical (unpaired) electrons. The number of hydrogen-bond donors (Lipinski definition) is 3. The Hall–Kier alpha value is -1.87. The maximum absolute atomic E-state index is 11.9. The number of carbonyl (C=O) groups is 3. The molecule has 0 saturated carbocycles. The molecule has 1 heterocycles. The van der Waals surface area contributed by atoms with Crippen LogP contribution in [0.1, 0.15) is 6.42 Å². The maximum Gasteiger partial charge on any atom is 0.328 e. The molecular weight excluding hydrogens is 282 g/mol. The van der Waals surface area contributed by atoms with Crippen LogP contribution in [0.4, 0.5) is 4.79 Å². The van der Waals surface area contributed by atoms with Crippen molar-refractivity contribution in [3.63, 3.8) is 0 Å².